The van der Waals surface area contributed by atoms with Gasteiger partial charge >= 0.3 is 0 Å². The van der Waals surface area contributed by atoms with Gasteiger partial charge in [-0.15, -0.1) is 6.42 Å². The van der Waals surface area contributed by atoms with Crippen molar-refractivity contribution in [3.63, 3.8) is 0 Å². The zero-order valence-corrected chi connectivity index (χ0v) is 21.0. The number of thioether (sulfide) groups is 1. The molecule has 1 atom stereocenters. The highest BCUT2D eigenvalue weighted by molar-refractivity contribution is 8.02. The molecule has 3 rings (SSSR count). The number of nitrogens with zero attached hydrogens (tertiary/aromatic N) is 1. The van der Waals surface area contributed by atoms with Gasteiger partial charge in [-0.05, 0) is 67.1 Å². The largest absolute Gasteiger partial charge is 0.480 e. The molecule has 2 amide bonds. The lowest BCUT2D eigenvalue weighted by molar-refractivity contribution is -0.126. The second kappa shape index (κ2) is 13.3. The van der Waals surface area contributed by atoms with Crippen LogP contribution >= 0.6 is 35.0 Å². The fraction of sp³-hybridized carbons (Fsp3) is 0.308. The van der Waals surface area contributed by atoms with E-state index in [1.54, 1.807) is 34.9 Å². The summed E-state index contributed by atoms with van der Waals surface area (Å²) in [4.78, 5) is 28.6. The highest BCUT2D eigenvalue weighted by Crippen LogP contribution is 2.27. The number of amides is 2. The van der Waals surface area contributed by atoms with Crippen molar-refractivity contribution in [2.24, 2.45) is 5.92 Å². The van der Waals surface area contributed by atoms with Crippen molar-refractivity contribution in [2.75, 3.05) is 26.2 Å². The Bertz CT molecular complexity index is 1070. The molecule has 2 aromatic carbocycles. The normalized spacial score (nSPS) is 15.7. The first-order valence-electron chi connectivity index (χ1n) is 11.0. The van der Waals surface area contributed by atoms with Crippen LogP contribution < -0.4 is 10.1 Å². The molecular formula is C26H26Cl2N2O3S. The van der Waals surface area contributed by atoms with Gasteiger partial charge in [-0.3, -0.25) is 9.59 Å². The van der Waals surface area contributed by atoms with Crippen LogP contribution in [0.5, 0.6) is 5.75 Å². The topological polar surface area (TPSA) is 58.6 Å². The first-order chi connectivity index (χ1) is 16.5. The molecule has 8 heteroatoms. The molecule has 1 aliphatic rings. The highest BCUT2D eigenvalue weighted by atomic mass is 35.5. The second-order valence-electron chi connectivity index (χ2n) is 7.75. The number of likely N-dealkylation sites (tertiary alicyclic amines) is 1. The number of halogens is 2. The van der Waals surface area contributed by atoms with Crippen molar-refractivity contribution in [1.82, 2.24) is 10.2 Å². The van der Waals surface area contributed by atoms with Crippen molar-refractivity contribution in [3.8, 4) is 18.1 Å². The van der Waals surface area contributed by atoms with E-state index in [0.29, 0.717) is 41.0 Å². The molecule has 5 nitrogen and oxygen atoms in total. The van der Waals surface area contributed by atoms with Gasteiger partial charge in [0.15, 0.2) is 0 Å². The minimum atomic E-state index is -0.251. The van der Waals surface area contributed by atoms with E-state index in [9.17, 15) is 9.59 Å². The summed E-state index contributed by atoms with van der Waals surface area (Å²) in [6.45, 7) is 1.53. The monoisotopic (exact) mass is 516 g/mol. The fourth-order valence-electron chi connectivity index (χ4n) is 3.59. The zero-order valence-electron chi connectivity index (χ0n) is 18.6. The lowest BCUT2D eigenvalue weighted by atomic mass is 9.96. The van der Waals surface area contributed by atoms with Gasteiger partial charge in [-0.1, -0.05) is 47.0 Å². The standard InChI is InChI=1S/C26H26Cl2N2O3S/c1-2-15-33-24-12-9-21(28)17-23(24)26(32)30-14-5-6-19(18-30)25(31)29-13-3-4-16-34-22-10-7-20(27)8-11-22/h1,4,7-12,16-17,19H,3,5-6,13-15,18H2,(H,29,31)/b16-4+. The number of terminal acetylenes is 1. The third kappa shape index (κ3) is 7.73. The smallest absolute Gasteiger partial charge is 0.257 e. The van der Waals surface area contributed by atoms with Crippen LogP contribution in [0, 0.1) is 18.3 Å². The van der Waals surface area contributed by atoms with E-state index in [4.69, 9.17) is 34.4 Å². The van der Waals surface area contributed by atoms with Gasteiger partial charge < -0.3 is 15.0 Å². The summed E-state index contributed by atoms with van der Waals surface area (Å²) in [5.41, 5.74) is 0.354. The van der Waals surface area contributed by atoms with Crippen molar-refractivity contribution < 1.29 is 14.3 Å². The van der Waals surface area contributed by atoms with E-state index in [-0.39, 0.29) is 24.3 Å². The van der Waals surface area contributed by atoms with Crippen LogP contribution in [0.2, 0.25) is 10.0 Å². The van der Waals surface area contributed by atoms with Crippen molar-refractivity contribution in [3.05, 3.63) is 69.6 Å². The molecule has 1 aliphatic heterocycles. The number of ether oxygens (including phenoxy) is 1. The number of rotatable bonds is 9. The van der Waals surface area contributed by atoms with E-state index >= 15 is 0 Å². The summed E-state index contributed by atoms with van der Waals surface area (Å²) in [6.07, 6.45) is 9.51. The van der Waals surface area contributed by atoms with E-state index in [1.165, 1.54) is 0 Å². The Kier molecular flexibility index (Phi) is 10.2. The Hall–Kier alpha value is -2.59. The first-order valence-corrected chi connectivity index (χ1v) is 12.6. The SMILES string of the molecule is C#CCOc1ccc(Cl)cc1C(=O)N1CCCC(C(=O)NCC/C=C/Sc2ccc(Cl)cc2)C1. The molecule has 0 spiro atoms. The summed E-state index contributed by atoms with van der Waals surface area (Å²) >= 11 is 13.6. The molecule has 1 unspecified atom stereocenters. The molecule has 0 bridgehead atoms. The van der Waals surface area contributed by atoms with Crippen molar-refractivity contribution in [2.45, 2.75) is 24.2 Å². The summed E-state index contributed by atoms with van der Waals surface area (Å²) in [5.74, 6) is 2.29. The molecular weight excluding hydrogens is 491 g/mol. The molecule has 1 fully saturated rings. The van der Waals surface area contributed by atoms with Gasteiger partial charge in [-0.25, -0.2) is 0 Å². The fourth-order valence-corrected chi connectivity index (χ4v) is 4.57. The minimum Gasteiger partial charge on any atom is -0.480 e. The summed E-state index contributed by atoms with van der Waals surface area (Å²) in [7, 11) is 0. The van der Waals surface area contributed by atoms with Crippen LogP contribution in [0.4, 0.5) is 0 Å². The van der Waals surface area contributed by atoms with Gasteiger partial charge in [-0.2, -0.15) is 0 Å². The van der Waals surface area contributed by atoms with E-state index in [2.05, 4.69) is 11.2 Å². The van der Waals surface area contributed by atoms with Gasteiger partial charge in [0, 0.05) is 34.6 Å². The number of piperidine rings is 1. The number of benzene rings is 2. The molecule has 0 aromatic heterocycles. The highest BCUT2D eigenvalue weighted by Gasteiger charge is 2.30. The van der Waals surface area contributed by atoms with E-state index in [0.717, 1.165) is 24.2 Å². The number of hydrogen-bond donors (Lipinski definition) is 1. The molecule has 1 saturated heterocycles. The predicted octanol–water partition coefficient (Wildman–Crippen LogP) is 5.67. The van der Waals surface area contributed by atoms with Crippen LogP contribution in [-0.4, -0.2) is 43.0 Å². The van der Waals surface area contributed by atoms with Gasteiger partial charge in [0.05, 0.1) is 11.5 Å². The van der Waals surface area contributed by atoms with Gasteiger partial charge in [0.2, 0.25) is 5.91 Å². The second-order valence-corrected chi connectivity index (χ2v) is 9.60. The molecule has 0 aliphatic carbocycles. The average Bonchev–Trinajstić information content (AvgIpc) is 2.86. The van der Waals surface area contributed by atoms with Gasteiger partial charge in [0.25, 0.3) is 5.91 Å². The molecule has 1 N–H and O–H groups in total. The molecule has 178 valence electrons. The first kappa shape index (κ1) is 26.0. The number of carbonyl (C=O) groups excluding carboxylic acids is 2. The third-order valence-electron chi connectivity index (χ3n) is 5.29. The van der Waals surface area contributed by atoms with Crippen molar-refractivity contribution in [1.29, 1.82) is 0 Å². The summed E-state index contributed by atoms with van der Waals surface area (Å²) in [6, 6.07) is 12.5. The van der Waals surface area contributed by atoms with Crippen LogP contribution in [0.15, 0.2) is 58.8 Å². The maximum atomic E-state index is 13.2. The van der Waals surface area contributed by atoms with Crippen LogP contribution in [0.1, 0.15) is 29.6 Å². The van der Waals surface area contributed by atoms with Gasteiger partial charge in [0.1, 0.15) is 12.4 Å². The molecule has 0 saturated carbocycles. The molecule has 0 radical (unpaired) electrons. The Morgan fingerprint density at radius 2 is 1.97 bits per heavy atom. The van der Waals surface area contributed by atoms with Crippen LogP contribution in [-0.2, 0) is 4.79 Å². The van der Waals surface area contributed by atoms with E-state index < -0.39 is 0 Å². The molecule has 1 heterocycles. The zero-order chi connectivity index (χ0) is 24.3. The van der Waals surface area contributed by atoms with Crippen LogP contribution in [0.25, 0.3) is 0 Å². The Morgan fingerprint density at radius 3 is 2.74 bits per heavy atom. The number of hydrogen-bond acceptors (Lipinski definition) is 4. The summed E-state index contributed by atoms with van der Waals surface area (Å²) in [5, 5.41) is 6.13. The Morgan fingerprint density at radius 1 is 1.21 bits per heavy atom. The number of carbonyl (C=O) groups is 2. The van der Waals surface area contributed by atoms with E-state index in [1.807, 2.05) is 35.7 Å². The van der Waals surface area contributed by atoms with Crippen molar-refractivity contribution >= 4 is 46.8 Å². The number of nitrogens with one attached hydrogen (secondary N) is 1. The quantitative estimate of drug-likeness (QED) is 0.265. The molecule has 34 heavy (non-hydrogen) atoms. The third-order valence-corrected chi connectivity index (χ3v) is 6.65. The molecule has 2 aromatic rings. The Balaban J connectivity index is 1.48. The lowest BCUT2D eigenvalue weighted by Crippen LogP contribution is -2.45. The lowest BCUT2D eigenvalue weighted by Gasteiger charge is -2.32. The maximum Gasteiger partial charge on any atom is 0.257 e. The maximum absolute atomic E-state index is 13.2. The summed E-state index contributed by atoms with van der Waals surface area (Å²) < 4.78 is 5.51. The average molecular weight is 517 g/mol. The Labute approximate surface area is 214 Å². The van der Waals surface area contributed by atoms with Crippen LogP contribution in [0.3, 0.4) is 0 Å². The predicted molar refractivity (Wildman–Crippen MR) is 138 cm³/mol. The minimum absolute atomic E-state index is 0.0360.